The number of hydrogen-bond donors (Lipinski definition) is 1. The van der Waals surface area contributed by atoms with Crippen molar-refractivity contribution in [2.45, 2.75) is 13.5 Å². The van der Waals surface area contributed by atoms with Crippen molar-refractivity contribution in [3.63, 3.8) is 0 Å². The van der Waals surface area contributed by atoms with Crippen molar-refractivity contribution in [3.8, 4) is 17.0 Å². The number of aromatic carboxylic acids is 1. The van der Waals surface area contributed by atoms with Crippen molar-refractivity contribution in [2.24, 2.45) is 0 Å². The number of aromatic nitrogens is 4. The van der Waals surface area contributed by atoms with Gasteiger partial charge in [-0.2, -0.15) is 10.2 Å². The molecule has 0 aliphatic heterocycles. The maximum absolute atomic E-state index is 11.2. The number of carbonyl (C=O) groups is 1. The van der Waals surface area contributed by atoms with Crippen molar-refractivity contribution in [1.82, 2.24) is 19.4 Å². The molecule has 28 heavy (non-hydrogen) atoms. The average Bonchev–Trinajstić information content (AvgIpc) is 3.26. The number of rotatable bonds is 5. The third-order valence-corrected chi connectivity index (χ3v) is 4.72. The molecule has 1 aromatic carbocycles. The molecule has 3 aromatic heterocycles. The lowest BCUT2D eigenvalue weighted by Gasteiger charge is -2.08. The number of hydrogen-bond acceptors (Lipinski definition) is 4. The summed E-state index contributed by atoms with van der Waals surface area (Å²) in [6.45, 7) is 2.16. The third kappa shape index (κ3) is 3.32. The number of benzene rings is 1. The third-order valence-electron chi connectivity index (χ3n) is 4.50. The van der Waals surface area contributed by atoms with Gasteiger partial charge >= 0.3 is 5.97 Å². The number of methoxy groups -OCH3 is 1. The Morgan fingerprint density at radius 1 is 1.14 bits per heavy atom. The summed E-state index contributed by atoms with van der Waals surface area (Å²) in [7, 11) is 1.63. The number of ether oxygens (including phenoxy) is 1. The predicted molar refractivity (Wildman–Crippen MR) is 105 cm³/mol. The van der Waals surface area contributed by atoms with Crippen LogP contribution < -0.4 is 4.74 Å². The molecule has 0 fully saturated rings. The lowest BCUT2D eigenvalue weighted by Crippen LogP contribution is -2.10. The van der Waals surface area contributed by atoms with E-state index in [9.17, 15) is 4.79 Å². The maximum Gasteiger partial charge on any atom is 0.356 e. The number of fused-ring (bicyclic) bond motifs is 1. The van der Waals surface area contributed by atoms with Gasteiger partial charge in [-0.3, -0.25) is 4.68 Å². The average molecular weight is 397 g/mol. The van der Waals surface area contributed by atoms with Crippen LogP contribution in [-0.2, 0) is 6.54 Å². The summed E-state index contributed by atoms with van der Waals surface area (Å²) in [4.78, 5) is 11.2. The molecular formula is C20H17ClN4O3. The van der Waals surface area contributed by atoms with Gasteiger partial charge in [0.25, 0.3) is 0 Å². The molecule has 0 atom stereocenters. The van der Waals surface area contributed by atoms with E-state index in [4.69, 9.17) is 26.5 Å². The normalized spacial score (nSPS) is 11.1. The van der Waals surface area contributed by atoms with E-state index in [1.165, 1.54) is 6.07 Å². The molecule has 0 unspecified atom stereocenters. The smallest absolute Gasteiger partial charge is 0.356 e. The highest BCUT2D eigenvalue weighted by Crippen LogP contribution is 2.25. The van der Waals surface area contributed by atoms with E-state index in [1.54, 1.807) is 22.4 Å². The van der Waals surface area contributed by atoms with Crippen molar-refractivity contribution in [3.05, 3.63) is 70.6 Å². The topological polar surface area (TPSA) is 81.7 Å². The van der Waals surface area contributed by atoms with Gasteiger partial charge in [-0.25, -0.2) is 9.31 Å². The highest BCUT2D eigenvalue weighted by atomic mass is 35.5. The van der Waals surface area contributed by atoms with E-state index in [0.717, 1.165) is 33.9 Å². The Bertz CT molecular complexity index is 1180. The summed E-state index contributed by atoms with van der Waals surface area (Å²) < 4.78 is 8.63. The van der Waals surface area contributed by atoms with Crippen LogP contribution in [0.2, 0.25) is 5.02 Å². The Hall–Kier alpha value is -3.32. The molecule has 7 nitrogen and oxygen atoms in total. The predicted octanol–water partition coefficient (Wildman–Crippen LogP) is 3.91. The Balaban J connectivity index is 1.76. The molecule has 0 saturated carbocycles. The number of halogens is 1. The van der Waals surface area contributed by atoms with Gasteiger partial charge in [0, 0.05) is 16.3 Å². The first-order chi connectivity index (χ1) is 13.4. The van der Waals surface area contributed by atoms with Gasteiger partial charge in [-0.1, -0.05) is 11.6 Å². The Morgan fingerprint density at radius 3 is 2.54 bits per heavy atom. The van der Waals surface area contributed by atoms with Crippen molar-refractivity contribution >= 4 is 23.1 Å². The van der Waals surface area contributed by atoms with Crippen LogP contribution in [0.1, 0.15) is 21.9 Å². The van der Waals surface area contributed by atoms with Crippen LogP contribution in [-0.4, -0.2) is 37.6 Å². The zero-order valence-electron chi connectivity index (χ0n) is 15.3. The van der Waals surface area contributed by atoms with E-state index in [1.807, 2.05) is 43.3 Å². The largest absolute Gasteiger partial charge is 0.497 e. The molecule has 4 rings (SSSR count). The fourth-order valence-electron chi connectivity index (χ4n) is 3.08. The summed E-state index contributed by atoms with van der Waals surface area (Å²) in [5, 5.41) is 18.6. The fraction of sp³-hybridized carbons (Fsp3) is 0.150. The molecular weight excluding hydrogens is 380 g/mol. The number of carboxylic acid groups (broad SMARTS) is 1. The van der Waals surface area contributed by atoms with Gasteiger partial charge in [0.15, 0.2) is 5.69 Å². The summed E-state index contributed by atoms with van der Waals surface area (Å²) >= 11 is 6.30. The minimum Gasteiger partial charge on any atom is -0.497 e. The standard InChI is InChI=1S/C20H17ClN4O3/c1-12-7-19(20(26)27)22-24(12)11-16-9-14(21)8-15-10-18(23-25(15)16)13-3-5-17(28-2)6-4-13/h3-10H,11H2,1-2H3,(H,26,27). The van der Waals surface area contributed by atoms with E-state index in [2.05, 4.69) is 5.10 Å². The van der Waals surface area contributed by atoms with Gasteiger partial charge in [-0.05, 0) is 55.5 Å². The SMILES string of the molecule is COc1ccc(-c2cc3cc(Cl)cc(Cn4nc(C(=O)O)cc4C)n3n2)cc1. The van der Waals surface area contributed by atoms with Gasteiger partial charge in [0.2, 0.25) is 0 Å². The van der Waals surface area contributed by atoms with Crippen LogP contribution in [0.3, 0.4) is 0 Å². The molecule has 0 aliphatic carbocycles. The van der Waals surface area contributed by atoms with Gasteiger partial charge in [0.1, 0.15) is 5.75 Å². The summed E-state index contributed by atoms with van der Waals surface area (Å²) in [5.41, 5.74) is 4.15. The molecule has 1 N–H and O–H groups in total. The highest BCUT2D eigenvalue weighted by molar-refractivity contribution is 6.31. The Morgan fingerprint density at radius 2 is 1.89 bits per heavy atom. The monoisotopic (exact) mass is 396 g/mol. The van der Waals surface area contributed by atoms with E-state index in [-0.39, 0.29) is 5.69 Å². The second kappa shape index (κ2) is 7.01. The molecule has 0 radical (unpaired) electrons. The van der Waals surface area contributed by atoms with Crippen LogP contribution in [0.5, 0.6) is 5.75 Å². The molecule has 8 heteroatoms. The minimum atomic E-state index is -1.06. The number of nitrogens with zero attached hydrogens (tertiary/aromatic N) is 4. The zero-order valence-corrected chi connectivity index (χ0v) is 16.0. The number of pyridine rings is 1. The second-order valence-corrected chi connectivity index (χ2v) is 6.83. The minimum absolute atomic E-state index is 0.00941. The number of carboxylic acids is 1. The van der Waals surface area contributed by atoms with E-state index < -0.39 is 5.97 Å². The first-order valence-electron chi connectivity index (χ1n) is 8.55. The van der Waals surface area contributed by atoms with Crippen molar-refractivity contribution in [2.75, 3.05) is 7.11 Å². The zero-order chi connectivity index (χ0) is 19.8. The summed E-state index contributed by atoms with van der Waals surface area (Å²) in [6, 6.07) is 14.8. The molecule has 0 saturated heterocycles. The summed E-state index contributed by atoms with van der Waals surface area (Å²) in [5.74, 6) is -0.279. The molecule has 0 spiro atoms. The first kappa shape index (κ1) is 18.1. The van der Waals surface area contributed by atoms with Crippen LogP contribution in [0, 0.1) is 6.92 Å². The van der Waals surface area contributed by atoms with E-state index >= 15 is 0 Å². The first-order valence-corrected chi connectivity index (χ1v) is 8.93. The van der Waals surface area contributed by atoms with E-state index in [0.29, 0.717) is 11.6 Å². The quantitative estimate of drug-likeness (QED) is 0.553. The van der Waals surface area contributed by atoms with Crippen LogP contribution >= 0.6 is 11.6 Å². The van der Waals surface area contributed by atoms with Gasteiger partial charge in [0.05, 0.1) is 30.6 Å². The van der Waals surface area contributed by atoms with Crippen LogP contribution in [0.4, 0.5) is 0 Å². The molecule has 3 heterocycles. The van der Waals surface area contributed by atoms with Crippen LogP contribution in [0.15, 0.2) is 48.5 Å². The number of aryl methyl sites for hydroxylation is 1. The Kier molecular flexibility index (Phi) is 4.52. The molecule has 4 aromatic rings. The molecule has 0 amide bonds. The fourth-order valence-corrected chi connectivity index (χ4v) is 3.31. The maximum atomic E-state index is 11.2. The molecule has 0 aliphatic rings. The van der Waals surface area contributed by atoms with Crippen molar-refractivity contribution in [1.29, 1.82) is 0 Å². The lowest BCUT2D eigenvalue weighted by atomic mass is 10.1. The Labute approximate surface area is 165 Å². The van der Waals surface area contributed by atoms with Gasteiger partial charge < -0.3 is 9.84 Å². The summed E-state index contributed by atoms with van der Waals surface area (Å²) in [6.07, 6.45) is 0. The molecule has 142 valence electrons. The van der Waals surface area contributed by atoms with Gasteiger partial charge in [-0.15, -0.1) is 0 Å². The van der Waals surface area contributed by atoms with Crippen LogP contribution in [0.25, 0.3) is 16.8 Å². The highest BCUT2D eigenvalue weighted by Gasteiger charge is 2.14. The van der Waals surface area contributed by atoms with Crippen molar-refractivity contribution < 1.29 is 14.6 Å². The molecule has 0 bridgehead atoms. The second-order valence-electron chi connectivity index (χ2n) is 6.39. The lowest BCUT2D eigenvalue weighted by molar-refractivity contribution is 0.0689.